The van der Waals surface area contributed by atoms with E-state index in [1.807, 2.05) is 26.0 Å². The fourth-order valence-electron chi connectivity index (χ4n) is 2.49. The Labute approximate surface area is 122 Å². The summed E-state index contributed by atoms with van der Waals surface area (Å²) in [5.41, 5.74) is 8.06. The summed E-state index contributed by atoms with van der Waals surface area (Å²) in [4.78, 5) is 14.0. The van der Waals surface area contributed by atoms with Crippen molar-refractivity contribution in [3.8, 4) is 0 Å². The largest absolute Gasteiger partial charge is 0.358 e. The van der Waals surface area contributed by atoms with E-state index in [1.165, 1.54) is 0 Å². The Bertz CT molecular complexity index is 476. The summed E-state index contributed by atoms with van der Waals surface area (Å²) in [7, 11) is 0. The molecule has 5 heteroatoms. The number of piperazine rings is 1. The highest BCUT2D eigenvalue weighted by molar-refractivity contribution is 9.10. The van der Waals surface area contributed by atoms with E-state index in [1.54, 1.807) is 0 Å². The molecule has 1 amide bonds. The van der Waals surface area contributed by atoms with Crippen LogP contribution in [-0.2, 0) is 4.79 Å². The molecule has 1 heterocycles. The highest BCUT2D eigenvalue weighted by Crippen LogP contribution is 2.29. The molecule has 1 unspecified atom stereocenters. The fourth-order valence-corrected chi connectivity index (χ4v) is 3.22. The molecule has 1 aliphatic heterocycles. The number of rotatable bonds is 3. The van der Waals surface area contributed by atoms with Crippen LogP contribution in [-0.4, -0.2) is 25.0 Å². The van der Waals surface area contributed by atoms with Crippen LogP contribution >= 0.6 is 15.9 Å². The van der Waals surface area contributed by atoms with Gasteiger partial charge in [0.2, 0.25) is 5.91 Å². The molecule has 2 atom stereocenters. The van der Waals surface area contributed by atoms with Gasteiger partial charge in [-0.1, -0.05) is 28.9 Å². The van der Waals surface area contributed by atoms with Gasteiger partial charge in [-0.25, -0.2) is 0 Å². The number of hydrogen-bond acceptors (Lipinski definition) is 3. The van der Waals surface area contributed by atoms with Gasteiger partial charge in [-0.15, -0.1) is 0 Å². The average molecular weight is 326 g/mol. The van der Waals surface area contributed by atoms with Gasteiger partial charge in [0.1, 0.15) is 6.04 Å². The van der Waals surface area contributed by atoms with Crippen molar-refractivity contribution in [1.29, 1.82) is 0 Å². The SMILES string of the molecule is CCC1C(=O)NCCN1c1ccc([C@@H](C)N)c(Br)c1. The van der Waals surface area contributed by atoms with Crippen LogP contribution in [0.4, 0.5) is 5.69 Å². The Kier molecular flexibility index (Phi) is 4.47. The van der Waals surface area contributed by atoms with Crippen molar-refractivity contribution < 1.29 is 4.79 Å². The number of nitrogens with two attached hydrogens (primary N) is 1. The van der Waals surface area contributed by atoms with Crippen molar-refractivity contribution in [3.05, 3.63) is 28.2 Å². The van der Waals surface area contributed by atoms with Crippen LogP contribution in [0.2, 0.25) is 0 Å². The average Bonchev–Trinajstić information content (AvgIpc) is 2.37. The van der Waals surface area contributed by atoms with Gasteiger partial charge in [0, 0.05) is 29.3 Å². The zero-order valence-corrected chi connectivity index (χ0v) is 12.9. The quantitative estimate of drug-likeness (QED) is 0.895. The Morgan fingerprint density at radius 3 is 2.89 bits per heavy atom. The third-order valence-electron chi connectivity index (χ3n) is 3.52. The summed E-state index contributed by atoms with van der Waals surface area (Å²) in [5, 5.41) is 2.91. The van der Waals surface area contributed by atoms with Gasteiger partial charge in [-0.2, -0.15) is 0 Å². The lowest BCUT2D eigenvalue weighted by atomic mass is 10.1. The van der Waals surface area contributed by atoms with Crippen LogP contribution in [0.25, 0.3) is 0 Å². The highest BCUT2D eigenvalue weighted by atomic mass is 79.9. The van der Waals surface area contributed by atoms with Gasteiger partial charge in [-0.3, -0.25) is 4.79 Å². The summed E-state index contributed by atoms with van der Waals surface area (Å²) in [5.74, 6) is 0.112. The molecule has 1 aromatic rings. The molecule has 104 valence electrons. The van der Waals surface area contributed by atoms with Gasteiger partial charge in [0.25, 0.3) is 0 Å². The second-order valence-electron chi connectivity index (χ2n) is 4.90. The van der Waals surface area contributed by atoms with Gasteiger partial charge < -0.3 is 16.0 Å². The zero-order valence-electron chi connectivity index (χ0n) is 11.3. The van der Waals surface area contributed by atoms with Crippen LogP contribution < -0.4 is 16.0 Å². The van der Waals surface area contributed by atoms with Crippen LogP contribution in [0, 0.1) is 0 Å². The summed E-state index contributed by atoms with van der Waals surface area (Å²) in [6, 6.07) is 6.05. The minimum atomic E-state index is -0.0817. The molecule has 0 saturated carbocycles. The number of carbonyl (C=O) groups is 1. The van der Waals surface area contributed by atoms with E-state index < -0.39 is 0 Å². The second kappa shape index (κ2) is 5.92. The number of halogens is 1. The standard InChI is InChI=1S/C14H20BrN3O/c1-3-13-14(19)17-6-7-18(13)10-4-5-11(9(2)16)12(15)8-10/h4-5,8-9,13H,3,6-7,16H2,1-2H3,(H,17,19)/t9-,13?/m1/s1. The molecule has 19 heavy (non-hydrogen) atoms. The first-order valence-electron chi connectivity index (χ1n) is 6.64. The molecule has 1 fully saturated rings. The van der Waals surface area contributed by atoms with Gasteiger partial charge in [-0.05, 0) is 31.0 Å². The topological polar surface area (TPSA) is 58.4 Å². The molecule has 1 aliphatic rings. The maximum Gasteiger partial charge on any atom is 0.242 e. The van der Waals surface area contributed by atoms with E-state index in [-0.39, 0.29) is 18.0 Å². The van der Waals surface area contributed by atoms with E-state index >= 15 is 0 Å². The number of carbonyl (C=O) groups excluding carboxylic acids is 1. The Balaban J connectivity index is 2.30. The Hall–Kier alpha value is -1.07. The van der Waals surface area contributed by atoms with E-state index in [4.69, 9.17) is 5.73 Å². The van der Waals surface area contributed by atoms with E-state index in [0.717, 1.165) is 28.7 Å². The first kappa shape index (κ1) is 14.3. The molecular formula is C14H20BrN3O. The molecule has 1 aromatic carbocycles. The smallest absolute Gasteiger partial charge is 0.242 e. The van der Waals surface area contributed by atoms with E-state index in [2.05, 4.69) is 32.2 Å². The number of hydrogen-bond donors (Lipinski definition) is 2. The van der Waals surface area contributed by atoms with Crippen molar-refractivity contribution in [1.82, 2.24) is 5.32 Å². The molecule has 0 aromatic heterocycles. The predicted molar refractivity (Wildman–Crippen MR) is 81.2 cm³/mol. The predicted octanol–water partition coefficient (Wildman–Crippen LogP) is 2.18. The third kappa shape index (κ3) is 2.92. The first-order valence-corrected chi connectivity index (χ1v) is 7.43. The van der Waals surface area contributed by atoms with Crippen LogP contribution in [0.15, 0.2) is 22.7 Å². The maximum atomic E-state index is 11.9. The zero-order chi connectivity index (χ0) is 14.0. The van der Waals surface area contributed by atoms with Gasteiger partial charge in [0.05, 0.1) is 0 Å². The minimum absolute atomic E-state index is 0.00458. The van der Waals surface area contributed by atoms with E-state index in [0.29, 0.717) is 6.54 Å². The molecule has 0 aliphatic carbocycles. The molecule has 0 bridgehead atoms. The third-order valence-corrected chi connectivity index (χ3v) is 4.21. The molecule has 0 spiro atoms. The lowest BCUT2D eigenvalue weighted by Gasteiger charge is -2.36. The van der Waals surface area contributed by atoms with Crippen molar-refractivity contribution in [2.45, 2.75) is 32.4 Å². The number of nitrogens with zero attached hydrogens (tertiary/aromatic N) is 1. The van der Waals surface area contributed by atoms with Crippen LogP contribution in [0.5, 0.6) is 0 Å². The molecule has 2 rings (SSSR count). The van der Waals surface area contributed by atoms with Crippen LogP contribution in [0.1, 0.15) is 31.9 Å². The molecule has 3 N–H and O–H groups in total. The lowest BCUT2D eigenvalue weighted by molar-refractivity contribution is -0.123. The number of benzene rings is 1. The highest BCUT2D eigenvalue weighted by Gasteiger charge is 2.28. The molecule has 1 saturated heterocycles. The Morgan fingerprint density at radius 1 is 1.58 bits per heavy atom. The van der Waals surface area contributed by atoms with Crippen molar-refractivity contribution in [3.63, 3.8) is 0 Å². The minimum Gasteiger partial charge on any atom is -0.358 e. The monoisotopic (exact) mass is 325 g/mol. The number of anilines is 1. The molecular weight excluding hydrogens is 306 g/mol. The first-order chi connectivity index (χ1) is 9.04. The van der Waals surface area contributed by atoms with Gasteiger partial charge in [0.15, 0.2) is 0 Å². The van der Waals surface area contributed by atoms with E-state index in [9.17, 15) is 4.79 Å². The van der Waals surface area contributed by atoms with Crippen molar-refractivity contribution >= 4 is 27.5 Å². The lowest BCUT2D eigenvalue weighted by Crippen LogP contribution is -2.55. The number of nitrogens with one attached hydrogen (secondary N) is 1. The van der Waals surface area contributed by atoms with Crippen LogP contribution in [0.3, 0.4) is 0 Å². The van der Waals surface area contributed by atoms with Gasteiger partial charge >= 0.3 is 0 Å². The fraction of sp³-hybridized carbons (Fsp3) is 0.500. The number of amides is 1. The molecule has 0 radical (unpaired) electrons. The maximum absolute atomic E-state index is 11.9. The summed E-state index contributed by atoms with van der Waals surface area (Å²) in [6.07, 6.45) is 0.804. The van der Waals surface area contributed by atoms with Crippen molar-refractivity contribution in [2.24, 2.45) is 5.73 Å². The summed E-state index contributed by atoms with van der Waals surface area (Å²) < 4.78 is 1.00. The van der Waals surface area contributed by atoms with Crippen molar-refractivity contribution in [2.75, 3.05) is 18.0 Å². The second-order valence-corrected chi connectivity index (χ2v) is 5.76. The summed E-state index contributed by atoms with van der Waals surface area (Å²) in [6.45, 7) is 5.53. The summed E-state index contributed by atoms with van der Waals surface area (Å²) >= 11 is 3.56. The normalized spacial score (nSPS) is 21.2. The Morgan fingerprint density at radius 2 is 2.32 bits per heavy atom. The molecule has 4 nitrogen and oxygen atoms in total.